The fraction of sp³-hybridized carbons (Fsp3) is 0.312. The second-order valence-corrected chi connectivity index (χ2v) is 4.25. The van der Waals surface area contributed by atoms with Crippen LogP contribution >= 0.6 is 0 Å². The first-order valence-electron chi connectivity index (χ1n) is 6.92. The Kier molecular flexibility index (Phi) is 4.87. The number of carbonyl (C=O) groups is 1. The topological polar surface area (TPSA) is 56.8 Å². The average Bonchev–Trinajstić information content (AvgIpc) is 2.51. The second kappa shape index (κ2) is 6.83. The third kappa shape index (κ3) is 3.18. The summed E-state index contributed by atoms with van der Waals surface area (Å²) in [5.74, 6) is 1.67. The van der Waals surface area contributed by atoms with Gasteiger partial charge in [-0.3, -0.25) is 0 Å². The molecule has 0 radical (unpaired) electrons. The van der Waals surface area contributed by atoms with E-state index in [-0.39, 0.29) is 0 Å². The zero-order valence-corrected chi connectivity index (χ0v) is 12.4. The molecule has 0 bridgehead atoms. The van der Waals surface area contributed by atoms with Gasteiger partial charge in [0.1, 0.15) is 5.75 Å². The molecule has 5 nitrogen and oxygen atoms in total. The van der Waals surface area contributed by atoms with Crippen molar-refractivity contribution in [3.8, 4) is 17.2 Å². The van der Waals surface area contributed by atoms with Gasteiger partial charge in [-0.2, -0.15) is 0 Å². The van der Waals surface area contributed by atoms with Gasteiger partial charge in [-0.15, -0.1) is 0 Å². The Bertz CT molecular complexity index is 639. The number of amides is 1. The Morgan fingerprint density at radius 2 is 1.71 bits per heavy atom. The average molecular weight is 289 g/mol. The van der Waals surface area contributed by atoms with Gasteiger partial charge in [0.25, 0.3) is 0 Å². The van der Waals surface area contributed by atoms with Gasteiger partial charge in [0.05, 0.1) is 13.2 Å². The molecule has 0 aromatic heterocycles. The van der Waals surface area contributed by atoms with Gasteiger partial charge in [-0.05, 0) is 13.8 Å². The Labute approximate surface area is 123 Å². The SMILES string of the molecule is CCOc1cc(OC(=O)NC)c2ccccc2c1OCC. The molecule has 2 aromatic carbocycles. The summed E-state index contributed by atoms with van der Waals surface area (Å²) in [4.78, 5) is 11.5. The molecule has 2 rings (SSSR count). The van der Waals surface area contributed by atoms with Crippen LogP contribution in [0.4, 0.5) is 4.79 Å². The Hall–Kier alpha value is -2.43. The van der Waals surface area contributed by atoms with Crippen molar-refractivity contribution in [1.29, 1.82) is 0 Å². The van der Waals surface area contributed by atoms with Crippen LogP contribution in [0.1, 0.15) is 13.8 Å². The van der Waals surface area contributed by atoms with Gasteiger partial charge in [-0.1, -0.05) is 24.3 Å². The summed E-state index contributed by atoms with van der Waals surface area (Å²) in [5.41, 5.74) is 0. The van der Waals surface area contributed by atoms with Crippen LogP contribution in [0.15, 0.2) is 30.3 Å². The summed E-state index contributed by atoms with van der Waals surface area (Å²) < 4.78 is 16.6. The lowest BCUT2D eigenvalue weighted by Gasteiger charge is -2.16. The highest BCUT2D eigenvalue weighted by Gasteiger charge is 2.16. The summed E-state index contributed by atoms with van der Waals surface area (Å²) in [6, 6.07) is 9.27. The minimum absolute atomic E-state index is 0.442. The highest BCUT2D eigenvalue weighted by molar-refractivity contribution is 5.96. The molecule has 1 amide bonds. The van der Waals surface area contributed by atoms with E-state index in [4.69, 9.17) is 14.2 Å². The lowest BCUT2D eigenvalue weighted by atomic mass is 10.1. The van der Waals surface area contributed by atoms with Gasteiger partial charge in [-0.25, -0.2) is 4.79 Å². The van der Waals surface area contributed by atoms with Crippen LogP contribution in [0.2, 0.25) is 0 Å². The van der Waals surface area contributed by atoms with E-state index >= 15 is 0 Å². The largest absolute Gasteiger partial charge is 0.490 e. The molecule has 0 spiro atoms. The molecule has 21 heavy (non-hydrogen) atoms. The number of rotatable bonds is 5. The zero-order chi connectivity index (χ0) is 15.2. The molecular formula is C16H19NO4. The van der Waals surface area contributed by atoms with Crippen molar-refractivity contribution < 1.29 is 19.0 Å². The number of hydrogen-bond acceptors (Lipinski definition) is 4. The smallest absolute Gasteiger partial charge is 0.412 e. The Balaban J connectivity index is 2.63. The third-order valence-electron chi connectivity index (χ3n) is 2.92. The second-order valence-electron chi connectivity index (χ2n) is 4.25. The van der Waals surface area contributed by atoms with Crippen molar-refractivity contribution in [1.82, 2.24) is 5.32 Å². The first-order valence-corrected chi connectivity index (χ1v) is 6.92. The molecule has 1 N–H and O–H groups in total. The summed E-state index contributed by atoms with van der Waals surface area (Å²) in [5, 5.41) is 4.09. The van der Waals surface area contributed by atoms with Crippen molar-refractivity contribution in [3.05, 3.63) is 30.3 Å². The predicted molar refractivity (Wildman–Crippen MR) is 81.4 cm³/mol. The molecule has 112 valence electrons. The Morgan fingerprint density at radius 3 is 2.33 bits per heavy atom. The van der Waals surface area contributed by atoms with Crippen molar-refractivity contribution in [2.24, 2.45) is 0 Å². The molecule has 0 fully saturated rings. The summed E-state index contributed by atoms with van der Waals surface area (Å²) in [7, 11) is 1.52. The molecule has 5 heteroatoms. The molecule has 0 atom stereocenters. The number of hydrogen-bond donors (Lipinski definition) is 1. The molecule has 0 saturated carbocycles. The fourth-order valence-electron chi connectivity index (χ4n) is 2.08. The summed E-state index contributed by atoms with van der Waals surface area (Å²) in [6.45, 7) is 4.83. The highest BCUT2D eigenvalue weighted by Crippen LogP contribution is 2.41. The molecule has 0 heterocycles. The Morgan fingerprint density at radius 1 is 1.05 bits per heavy atom. The van der Waals surface area contributed by atoms with Gasteiger partial charge in [0, 0.05) is 23.9 Å². The van der Waals surface area contributed by atoms with E-state index < -0.39 is 6.09 Å². The molecule has 0 unspecified atom stereocenters. The third-order valence-corrected chi connectivity index (χ3v) is 2.92. The molecule has 0 aliphatic rings. The minimum atomic E-state index is -0.522. The molecule has 0 saturated heterocycles. The normalized spacial score (nSPS) is 10.2. The van der Waals surface area contributed by atoms with Gasteiger partial charge < -0.3 is 19.5 Å². The van der Waals surface area contributed by atoms with Crippen molar-refractivity contribution >= 4 is 16.9 Å². The maximum absolute atomic E-state index is 11.5. The van der Waals surface area contributed by atoms with Gasteiger partial charge in [0.2, 0.25) is 0 Å². The van der Waals surface area contributed by atoms with E-state index in [0.717, 1.165) is 10.8 Å². The fourth-order valence-corrected chi connectivity index (χ4v) is 2.08. The van der Waals surface area contributed by atoms with Gasteiger partial charge >= 0.3 is 6.09 Å². The zero-order valence-electron chi connectivity index (χ0n) is 12.4. The van der Waals surface area contributed by atoms with Crippen LogP contribution in [-0.2, 0) is 0 Å². The van der Waals surface area contributed by atoms with E-state index in [0.29, 0.717) is 30.5 Å². The summed E-state index contributed by atoms with van der Waals surface area (Å²) >= 11 is 0. The lowest BCUT2D eigenvalue weighted by molar-refractivity contribution is 0.203. The highest BCUT2D eigenvalue weighted by atomic mass is 16.6. The molecule has 0 aliphatic carbocycles. The van der Waals surface area contributed by atoms with Crippen molar-refractivity contribution in [2.45, 2.75) is 13.8 Å². The number of carbonyl (C=O) groups excluding carboxylic acids is 1. The maximum Gasteiger partial charge on any atom is 0.412 e. The number of ether oxygens (including phenoxy) is 3. The van der Waals surface area contributed by atoms with Crippen LogP contribution in [0, 0.1) is 0 Å². The minimum Gasteiger partial charge on any atom is -0.490 e. The van der Waals surface area contributed by atoms with Crippen LogP contribution in [-0.4, -0.2) is 26.4 Å². The van der Waals surface area contributed by atoms with Crippen molar-refractivity contribution in [2.75, 3.05) is 20.3 Å². The molecular weight excluding hydrogens is 270 g/mol. The number of benzene rings is 2. The van der Waals surface area contributed by atoms with Crippen molar-refractivity contribution in [3.63, 3.8) is 0 Å². The first kappa shape index (κ1) is 15.0. The van der Waals surface area contributed by atoms with Crippen LogP contribution in [0.3, 0.4) is 0 Å². The molecule has 0 aliphatic heterocycles. The monoisotopic (exact) mass is 289 g/mol. The van der Waals surface area contributed by atoms with Gasteiger partial charge in [0.15, 0.2) is 11.5 Å². The van der Waals surface area contributed by atoms with Crippen LogP contribution < -0.4 is 19.5 Å². The predicted octanol–water partition coefficient (Wildman–Crippen LogP) is 3.36. The quantitative estimate of drug-likeness (QED) is 0.917. The number of nitrogens with one attached hydrogen (secondary N) is 1. The number of fused-ring (bicyclic) bond motifs is 1. The van der Waals surface area contributed by atoms with E-state index in [1.807, 2.05) is 38.1 Å². The van der Waals surface area contributed by atoms with E-state index in [1.165, 1.54) is 7.05 Å². The maximum atomic E-state index is 11.5. The first-order chi connectivity index (χ1) is 10.2. The molecule has 2 aromatic rings. The lowest BCUT2D eigenvalue weighted by Crippen LogP contribution is -2.22. The van der Waals surface area contributed by atoms with Crippen LogP contribution in [0.5, 0.6) is 17.2 Å². The van der Waals surface area contributed by atoms with E-state index in [1.54, 1.807) is 6.07 Å². The standard InChI is InChI=1S/C16H19NO4/c1-4-19-14-10-13(21-16(18)17-3)11-8-6-7-9-12(11)15(14)20-5-2/h6-10H,4-5H2,1-3H3,(H,17,18). The van der Waals surface area contributed by atoms with E-state index in [2.05, 4.69) is 5.32 Å². The summed E-state index contributed by atoms with van der Waals surface area (Å²) in [6.07, 6.45) is -0.522. The van der Waals surface area contributed by atoms with Crippen LogP contribution in [0.25, 0.3) is 10.8 Å². The van der Waals surface area contributed by atoms with E-state index in [9.17, 15) is 4.79 Å².